The first-order chi connectivity index (χ1) is 16.8. The van der Waals surface area contributed by atoms with Gasteiger partial charge in [-0.05, 0) is 31.4 Å². The molecule has 192 valence electrons. The fraction of sp³-hybridized carbons (Fsp3) is 0.435. The summed E-state index contributed by atoms with van der Waals surface area (Å²) >= 11 is 1.25. The Morgan fingerprint density at radius 3 is 2.53 bits per heavy atom. The number of pyridine rings is 1. The lowest BCUT2D eigenvalue weighted by Gasteiger charge is -2.43. The number of piperidine rings is 1. The van der Waals surface area contributed by atoms with Crippen molar-refractivity contribution >= 4 is 23.1 Å². The van der Waals surface area contributed by atoms with E-state index in [4.69, 9.17) is 0 Å². The van der Waals surface area contributed by atoms with Crippen molar-refractivity contribution in [3.05, 3.63) is 52.7 Å². The molecule has 3 aromatic rings. The summed E-state index contributed by atoms with van der Waals surface area (Å²) < 4.78 is 67.4. The SMILES string of the molecule is Cc1ccc(-c2sc(C)nc2C(=O)N2CC(F)(F)C[C@@H](C)C2CNc2cnc(C(F)(F)F)cn2)nc1. The molecule has 4 heterocycles. The van der Waals surface area contributed by atoms with Crippen LogP contribution in [-0.4, -0.2) is 55.8 Å². The van der Waals surface area contributed by atoms with E-state index in [9.17, 15) is 26.7 Å². The average molecular weight is 527 g/mol. The highest BCUT2D eigenvalue weighted by Gasteiger charge is 2.47. The smallest absolute Gasteiger partial charge is 0.367 e. The van der Waals surface area contributed by atoms with Gasteiger partial charge in [0.15, 0.2) is 5.69 Å². The number of thiazole rings is 1. The van der Waals surface area contributed by atoms with Gasteiger partial charge in [0, 0.05) is 19.2 Å². The summed E-state index contributed by atoms with van der Waals surface area (Å²) in [7, 11) is 0. The summed E-state index contributed by atoms with van der Waals surface area (Å²) in [5.41, 5.74) is 0.334. The molecule has 2 atom stereocenters. The molecule has 1 fully saturated rings. The highest BCUT2D eigenvalue weighted by atomic mass is 32.1. The molecule has 3 aromatic heterocycles. The predicted octanol–water partition coefficient (Wildman–Crippen LogP) is 5.23. The number of hydrogen-bond donors (Lipinski definition) is 1. The van der Waals surface area contributed by atoms with Crippen LogP contribution in [0.2, 0.25) is 0 Å². The maximum Gasteiger partial charge on any atom is 0.434 e. The molecule has 1 N–H and O–H groups in total. The minimum atomic E-state index is -4.63. The van der Waals surface area contributed by atoms with E-state index in [1.807, 2.05) is 13.0 Å². The monoisotopic (exact) mass is 526 g/mol. The number of aryl methyl sites for hydroxylation is 2. The molecular formula is C23H23F5N6OS. The molecule has 13 heteroatoms. The standard InChI is InChI=1S/C23H23F5N6OS/c1-12-4-5-15(29-7-12)20-19(33-14(3)36-20)21(35)34-11-22(24,25)6-13(2)16(34)8-31-18-10-30-17(9-32-18)23(26,27)28/h4-5,7,9-10,13,16H,6,8,11H2,1-3H3,(H,31,32)/t13-,16?/m1/s1. The van der Waals surface area contributed by atoms with Gasteiger partial charge in [-0.25, -0.2) is 23.7 Å². The molecule has 0 spiro atoms. The van der Waals surface area contributed by atoms with Crippen LogP contribution in [-0.2, 0) is 6.18 Å². The van der Waals surface area contributed by atoms with Gasteiger partial charge in [0.2, 0.25) is 0 Å². The lowest BCUT2D eigenvalue weighted by molar-refractivity contribution is -0.141. The first-order valence-electron chi connectivity index (χ1n) is 11.1. The van der Waals surface area contributed by atoms with Gasteiger partial charge in [-0.2, -0.15) is 13.2 Å². The van der Waals surface area contributed by atoms with Crippen LogP contribution in [0.1, 0.15) is 40.1 Å². The van der Waals surface area contributed by atoms with Gasteiger partial charge in [-0.3, -0.25) is 9.78 Å². The number of alkyl halides is 5. The van der Waals surface area contributed by atoms with Crippen LogP contribution in [0.3, 0.4) is 0 Å². The van der Waals surface area contributed by atoms with E-state index >= 15 is 0 Å². The number of anilines is 1. The Morgan fingerprint density at radius 1 is 1.17 bits per heavy atom. The van der Waals surface area contributed by atoms with Crippen LogP contribution >= 0.6 is 11.3 Å². The quantitative estimate of drug-likeness (QED) is 0.459. The summed E-state index contributed by atoms with van der Waals surface area (Å²) in [5.74, 6) is -4.34. The van der Waals surface area contributed by atoms with Crippen LogP contribution in [0.25, 0.3) is 10.6 Å². The number of carbonyl (C=O) groups excluding carboxylic acids is 1. The first-order valence-corrected chi connectivity index (χ1v) is 11.9. The van der Waals surface area contributed by atoms with Gasteiger partial charge in [0.05, 0.1) is 40.6 Å². The van der Waals surface area contributed by atoms with Gasteiger partial charge in [0.25, 0.3) is 11.8 Å². The molecule has 0 aliphatic carbocycles. The number of carbonyl (C=O) groups is 1. The summed E-state index contributed by atoms with van der Waals surface area (Å²) in [6.07, 6.45) is -1.92. The normalized spacial score (nSPS) is 19.8. The van der Waals surface area contributed by atoms with Gasteiger partial charge in [-0.1, -0.05) is 13.0 Å². The van der Waals surface area contributed by atoms with Crippen LogP contribution in [0.15, 0.2) is 30.7 Å². The average Bonchev–Trinajstić information content (AvgIpc) is 3.19. The summed E-state index contributed by atoms with van der Waals surface area (Å²) in [6, 6.07) is 2.89. The third kappa shape index (κ3) is 5.61. The fourth-order valence-corrected chi connectivity index (χ4v) is 5.02. The van der Waals surface area contributed by atoms with Gasteiger partial charge in [0.1, 0.15) is 11.5 Å². The van der Waals surface area contributed by atoms with E-state index in [-0.39, 0.29) is 18.1 Å². The number of halogens is 5. The predicted molar refractivity (Wildman–Crippen MR) is 124 cm³/mol. The van der Waals surface area contributed by atoms with Crippen LogP contribution < -0.4 is 5.32 Å². The molecule has 7 nitrogen and oxygen atoms in total. The van der Waals surface area contributed by atoms with Crippen molar-refractivity contribution in [1.29, 1.82) is 0 Å². The van der Waals surface area contributed by atoms with Crippen molar-refractivity contribution < 1.29 is 26.7 Å². The second-order valence-electron chi connectivity index (χ2n) is 8.83. The van der Waals surface area contributed by atoms with E-state index < -0.39 is 48.6 Å². The minimum absolute atomic E-state index is 0.00966. The number of rotatable bonds is 5. The fourth-order valence-electron chi connectivity index (χ4n) is 4.14. The third-order valence-corrected chi connectivity index (χ3v) is 6.85. The Kier molecular flexibility index (Phi) is 6.95. The van der Waals surface area contributed by atoms with E-state index in [0.29, 0.717) is 21.8 Å². The van der Waals surface area contributed by atoms with E-state index in [1.165, 1.54) is 11.3 Å². The van der Waals surface area contributed by atoms with Crippen LogP contribution in [0, 0.1) is 19.8 Å². The molecule has 4 rings (SSSR count). The van der Waals surface area contributed by atoms with Gasteiger partial charge < -0.3 is 10.2 Å². The Morgan fingerprint density at radius 2 is 1.92 bits per heavy atom. The summed E-state index contributed by atoms with van der Waals surface area (Å²) in [5, 5.41) is 3.42. The van der Waals surface area contributed by atoms with Crippen molar-refractivity contribution in [1.82, 2.24) is 24.8 Å². The second kappa shape index (κ2) is 9.68. The van der Waals surface area contributed by atoms with Crippen molar-refractivity contribution in [3.8, 4) is 10.6 Å². The zero-order valence-electron chi connectivity index (χ0n) is 19.6. The lowest BCUT2D eigenvalue weighted by Crippen LogP contribution is -2.57. The van der Waals surface area contributed by atoms with Crippen molar-refractivity contribution in [2.24, 2.45) is 5.92 Å². The molecule has 0 radical (unpaired) electrons. The number of hydrogen-bond acceptors (Lipinski definition) is 7. The molecule has 36 heavy (non-hydrogen) atoms. The Labute approximate surface area is 207 Å². The molecule has 1 unspecified atom stereocenters. The lowest BCUT2D eigenvalue weighted by atomic mass is 9.88. The molecule has 1 aliphatic rings. The highest BCUT2D eigenvalue weighted by molar-refractivity contribution is 7.15. The maximum absolute atomic E-state index is 14.6. The van der Waals surface area contributed by atoms with Gasteiger partial charge >= 0.3 is 6.18 Å². The van der Waals surface area contributed by atoms with Crippen molar-refractivity contribution in [2.45, 2.75) is 45.3 Å². The second-order valence-corrected chi connectivity index (χ2v) is 10.0. The number of nitrogens with zero attached hydrogens (tertiary/aromatic N) is 5. The molecule has 0 bridgehead atoms. The largest absolute Gasteiger partial charge is 0.434 e. The van der Waals surface area contributed by atoms with Gasteiger partial charge in [-0.15, -0.1) is 11.3 Å². The molecular weight excluding hydrogens is 503 g/mol. The zero-order chi connectivity index (χ0) is 26.3. The number of likely N-dealkylation sites (tertiary alicyclic amines) is 1. The molecule has 1 amide bonds. The minimum Gasteiger partial charge on any atom is -0.367 e. The zero-order valence-corrected chi connectivity index (χ0v) is 20.4. The third-order valence-electron chi connectivity index (χ3n) is 5.86. The number of amides is 1. The Balaban J connectivity index is 1.60. The highest BCUT2D eigenvalue weighted by Crippen LogP contribution is 2.37. The Hall–Kier alpha value is -3.22. The molecule has 1 aliphatic heterocycles. The molecule has 0 saturated carbocycles. The van der Waals surface area contributed by atoms with Crippen LogP contribution in [0.5, 0.6) is 0 Å². The van der Waals surface area contributed by atoms with E-state index in [1.54, 1.807) is 26.1 Å². The van der Waals surface area contributed by atoms with Crippen molar-refractivity contribution in [3.63, 3.8) is 0 Å². The summed E-state index contributed by atoms with van der Waals surface area (Å²) in [4.78, 5) is 30.9. The van der Waals surface area contributed by atoms with E-state index in [0.717, 1.165) is 16.7 Å². The van der Waals surface area contributed by atoms with Crippen molar-refractivity contribution in [2.75, 3.05) is 18.4 Å². The first kappa shape index (κ1) is 25.9. The van der Waals surface area contributed by atoms with Crippen LogP contribution in [0.4, 0.5) is 27.8 Å². The molecule has 1 saturated heterocycles. The Bertz CT molecular complexity index is 1230. The molecule has 0 aromatic carbocycles. The summed E-state index contributed by atoms with van der Waals surface area (Å²) in [6.45, 7) is 4.38. The van der Waals surface area contributed by atoms with E-state index in [2.05, 4.69) is 25.3 Å². The number of nitrogens with one attached hydrogen (secondary N) is 1. The topological polar surface area (TPSA) is 83.9 Å². The number of aromatic nitrogens is 4. The maximum atomic E-state index is 14.6.